The lowest BCUT2D eigenvalue weighted by Gasteiger charge is -2.09. The predicted octanol–water partition coefficient (Wildman–Crippen LogP) is 2.01. The number of para-hydroxylation sites is 1. The van der Waals surface area contributed by atoms with Gasteiger partial charge in [0.05, 0.1) is 7.11 Å². The Balaban J connectivity index is 1.94. The zero-order valence-electron chi connectivity index (χ0n) is 10.6. The lowest BCUT2D eigenvalue weighted by molar-refractivity contribution is 0.410. The molecule has 0 aliphatic heterocycles. The van der Waals surface area contributed by atoms with Gasteiger partial charge in [-0.1, -0.05) is 18.2 Å². The van der Waals surface area contributed by atoms with E-state index in [4.69, 9.17) is 10.00 Å². The third-order valence-corrected chi connectivity index (χ3v) is 2.65. The van der Waals surface area contributed by atoms with Gasteiger partial charge in [-0.05, 0) is 24.1 Å². The summed E-state index contributed by atoms with van der Waals surface area (Å²) < 4.78 is 5.29. The molecule has 0 atom stereocenters. The van der Waals surface area contributed by atoms with Crippen molar-refractivity contribution in [1.29, 1.82) is 5.26 Å². The molecule has 1 N–H and O–H groups in total. The summed E-state index contributed by atoms with van der Waals surface area (Å²) in [4.78, 5) is 7.87. The van der Waals surface area contributed by atoms with Crippen LogP contribution in [0, 0.1) is 11.3 Å². The second-order valence-electron chi connectivity index (χ2n) is 3.87. The van der Waals surface area contributed by atoms with Crippen molar-refractivity contribution in [2.24, 2.45) is 0 Å². The SMILES string of the molecule is COc1ccccc1CCNc1ccnc(C#N)n1. The fourth-order valence-corrected chi connectivity index (χ4v) is 1.75. The maximum atomic E-state index is 8.71. The lowest BCUT2D eigenvalue weighted by atomic mass is 10.1. The van der Waals surface area contributed by atoms with E-state index < -0.39 is 0 Å². The summed E-state index contributed by atoms with van der Waals surface area (Å²) in [5.41, 5.74) is 1.13. The minimum atomic E-state index is 0.169. The molecule has 5 heteroatoms. The number of nitriles is 1. The molecule has 2 rings (SSSR count). The van der Waals surface area contributed by atoms with Crippen LogP contribution in [-0.4, -0.2) is 23.6 Å². The summed E-state index contributed by atoms with van der Waals surface area (Å²) >= 11 is 0. The molecule has 0 radical (unpaired) electrons. The number of nitrogens with one attached hydrogen (secondary N) is 1. The van der Waals surface area contributed by atoms with Crippen molar-refractivity contribution in [3.05, 3.63) is 47.9 Å². The van der Waals surface area contributed by atoms with E-state index in [-0.39, 0.29) is 5.82 Å². The van der Waals surface area contributed by atoms with Crippen LogP contribution in [0.5, 0.6) is 5.75 Å². The predicted molar refractivity (Wildman–Crippen MR) is 71.9 cm³/mol. The highest BCUT2D eigenvalue weighted by Crippen LogP contribution is 2.17. The van der Waals surface area contributed by atoms with E-state index in [0.29, 0.717) is 12.4 Å². The second kappa shape index (κ2) is 6.36. The Morgan fingerprint density at radius 3 is 2.95 bits per heavy atom. The summed E-state index contributed by atoms with van der Waals surface area (Å²) in [6.07, 6.45) is 2.38. The monoisotopic (exact) mass is 254 g/mol. The average Bonchev–Trinajstić information content (AvgIpc) is 2.48. The fourth-order valence-electron chi connectivity index (χ4n) is 1.75. The van der Waals surface area contributed by atoms with E-state index in [9.17, 15) is 0 Å². The molecule has 0 aliphatic carbocycles. The van der Waals surface area contributed by atoms with Gasteiger partial charge >= 0.3 is 0 Å². The first-order chi connectivity index (χ1) is 9.33. The number of hydrogen-bond donors (Lipinski definition) is 1. The van der Waals surface area contributed by atoms with E-state index in [0.717, 1.165) is 17.7 Å². The first kappa shape index (κ1) is 12.8. The molecule has 1 aromatic heterocycles. The van der Waals surface area contributed by atoms with Gasteiger partial charge in [-0.3, -0.25) is 0 Å². The van der Waals surface area contributed by atoms with Gasteiger partial charge < -0.3 is 10.1 Å². The van der Waals surface area contributed by atoms with Gasteiger partial charge in [0.15, 0.2) is 0 Å². The molecule has 0 fully saturated rings. The van der Waals surface area contributed by atoms with Crippen LogP contribution in [0.1, 0.15) is 11.4 Å². The Labute approximate surface area is 111 Å². The Kier molecular flexibility index (Phi) is 4.29. The third kappa shape index (κ3) is 3.42. The van der Waals surface area contributed by atoms with Crippen molar-refractivity contribution >= 4 is 5.82 Å². The number of rotatable bonds is 5. The molecule has 0 spiro atoms. The van der Waals surface area contributed by atoms with Crippen LogP contribution in [0.15, 0.2) is 36.5 Å². The molecule has 0 saturated carbocycles. The molecular weight excluding hydrogens is 240 g/mol. The Hall–Kier alpha value is -2.61. The quantitative estimate of drug-likeness (QED) is 0.883. The van der Waals surface area contributed by atoms with Crippen molar-refractivity contribution in [3.8, 4) is 11.8 Å². The smallest absolute Gasteiger partial charge is 0.234 e. The summed E-state index contributed by atoms with van der Waals surface area (Å²) in [5, 5.41) is 11.9. The first-order valence-electron chi connectivity index (χ1n) is 5.92. The number of hydrogen-bond acceptors (Lipinski definition) is 5. The topological polar surface area (TPSA) is 70.8 Å². The molecule has 1 aromatic carbocycles. The Morgan fingerprint density at radius 1 is 1.32 bits per heavy atom. The number of methoxy groups -OCH3 is 1. The van der Waals surface area contributed by atoms with Crippen molar-refractivity contribution in [1.82, 2.24) is 9.97 Å². The lowest BCUT2D eigenvalue weighted by Crippen LogP contribution is -2.08. The van der Waals surface area contributed by atoms with Gasteiger partial charge in [0.1, 0.15) is 17.6 Å². The standard InChI is InChI=1S/C14H14N4O/c1-19-12-5-3-2-4-11(12)6-8-16-13-7-9-17-14(10-15)18-13/h2-5,7,9H,6,8H2,1H3,(H,16,17,18). The summed E-state index contributed by atoms with van der Waals surface area (Å²) in [6, 6.07) is 11.5. The van der Waals surface area contributed by atoms with E-state index in [1.54, 1.807) is 19.4 Å². The van der Waals surface area contributed by atoms with Crippen LogP contribution in [0.2, 0.25) is 0 Å². The van der Waals surface area contributed by atoms with Crippen LogP contribution in [0.25, 0.3) is 0 Å². The molecule has 0 amide bonds. The first-order valence-corrected chi connectivity index (χ1v) is 5.92. The van der Waals surface area contributed by atoms with Crippen LogP contribution >= 0.6 is 0 Å². The Bertz CT molecular complexity index is 592. The number of ether oxygens (including phenoxy) is 1. The summed E-state index contributed by atoms with van der Waals surface area (Å²) in [5.74, 6) is 1.70. The van der Waals surface area contributed by atoms with Crippen molar-refractivity contribution in [2.45, 2.75) is 6.42 Å². The summed E-state index contributed by atoms with van der Waals surface area (Å²) in [6.45, 7) is 0.711. The third-order valence-electron chi connectivity index (χ3n) is 2.65. The van der Waals surface area contributed by atoms with Gasteiger partial charge in [0, 0.05) is 12.7 Å². The van der Waals surface area contributed by atoms with Crippen LogP contribution in [0.3, 0.4) is 0 Å². The number of benzene rings is 1. The summed E-state index contributed by atoms with van der Waals surface area (Å²) in [7, 11) is 1.66. The average molecular weight is 254 g/mol. The van der Waals surface area contributed by atoms with E-state index in [2.05, 4.69) is 15.3 Å². The largest absolute Gasteiger partial charge is 0.496 e. The minimum absolute atomic E-state index is 0.169. The van der Waals surface area contributed by atoms with Crippen LogP contribution < -0.4 is 10.1 Å². The number of nitrogens with zero attached hydrogens (tertiary/aromatic N) is 3. The highest BCUT2D eigenvalue weighted by Gasteiger charge is 2.02. The van der Waals surface area contributed by atoms with Gasteiger partial charge in [-0.25, -0.2) is 9.97 Å². The van der Waals surface area contributed by atoms with E-state index in [1.165, 1.54) is 0 Å². The highest BCUT2D eigenvalue weighted by atomic mass is 16.5. The maximum absolute atomic E-state index is 8.71. The zero-order valence-corrected chi connectivity index (χ0v) is 10.6. The highest BCUT2D eigenvalue weighted by molar-refractivity contribution is 5.37. The molecule has 1 heterocycles. The molecule has 2 aromatic rings. The molecule has 19 heavy (non-hydrogen) atoms. The van der Waals surface area contributed by atoms with Gasteiger partial charge in [0.2, 0.25) is 5.82 Å². The molecule has 0 unspecified atom stereocenters. The molecule has 5 nitrogen and oxygen atoms in total. The van der Waals surface area contributed by atoms with Crippen molar-refractivity contribution in [3.63, 3.8) is 0 Å². The van der Waals surface area contributed by atoms with Crippen LogP contribution in [0.4, 0.5) is 5.82 Å². The van der Waals surface area contributed by atoms with Crippen molar-refractivity contribution in [2.75, 3.05) is 19.0 Å². The van der Waals surface area contributed by atoms with E-state index >= 15 is 0 Å². The van der Waals surface area contributed by atoms with Gasteiger partial charge in [0.25, 0.3) is 0 Å². The number of anilines is 1. The zero-order chi connectivity index (χ0) is 13.5. The normalized spacial score (nSPS) is 9.68. The molecule has 0 bridgehead atoms. The van der Waals surface area contributed by atoms with Gasteiger partial charge in [-0.2, -0.15) is 5.26 Å². The van der Waals surface area contributed by atoms with Crippen LogP contribution in [-0.2, 0) is 6.42 Å². The molecule has 96 valence electrons. The number of aromatic nitrogens is 2. The maximum Gasteiger partial charge on any atom is 0.234 e. The fraction of sp³-hybridized carbons (Fsp3) is 0.214. The van der Waals surface area contributed by atoms with E-state index in [1.807, 2.05) is 30.3 Å². The van der Waals surface area contributed by atoms with Gasteiger partial charge in [-0.15, -0.1) is 0 Å². The second-order valence-corrected chi connectivity index (χ2v) is 3.87. The molecular formula is C14H14N4O. The minimum Gasteiger partial charge on any atom is -0.496 e. The molecule has 0 aliphatic rings. The van der Waals surface area contributed by atoms with Crippen molar-refractivity contribution < 1.29 is 4.74 Å². The molecule has 0 saturated heterocycles. The Morgan fingerprint density at radius 2 is 2.16 bits per heavy atom.